The number of benzene rings is 2. The van der Waals surface area contributed by atoms with Gasteiger partial charge in [-0.25, -0.2) is 0 Å². The lowest BCUT2D eigenvalue weighted by atomic mass is 10.2. The first kappa shape index (κ1) is 12.7. The average molecular weight is 261 g/mol. The predicted octanol–water partition coefficient (Wildman–Crippen LogP) is 4.32. The molecule has 2 aromatic rings. The third-order valence-electron chi connectivity index (χ3n) is 3.64. The third kappa shape index (κ3) is 3.00. The van der Waals surface area contributed by atoms with Crippen LogP contribution in [0.5, 0.6) is 0 Å². The monoisotopic (exact) mass is 261 g/mol. The molecule has 20 heavy (non-hydrogen) atoms. The molecule has 1 aliphatic rings. The minimum Gasteiger partial charge on any atom is -0.367 e. The highest BCUT2D eigenvalue weighted by atomic mass is 15.1. The molecule has 0 saturated carbocycles. The molecule has 100 valence electrons. The zero-order valence-corrected chi connectivity index (χ0v) is 11.6. The molecule has 0 atom stereocenters. The second kappa shape index (κ2) is 6.25. The van der Waals surface area contributed by atoms with Crippen molar-refractivity contribution in [3.05, 3.63) is 84.0 Å². The van der Waals surface area contributed by atoms with Gasteiger partial charge in [0.05, 0.1) is 0 Å². The summed E-state index contributed by atoms with van der Waals surface area (Å²) in [6.45, 7) is 2.11. The summed E-state index contributed by atoms with van der Waals surface area (Å²) in [6.07, 6.45) is 9.77. The number of fused-ring (bicyclic) bond motifs is 1. The molecule has 0 bridgehead atoms. The summed E-state index contributed by atoms with van der Waals surface area (Å²) in [7, 11) is 0. The number of para-hydroxylation sites is 1. The fraction of sp³-hybridized carbons (Fsp3) is 0.158. The maximum Gasteiger partial charge on any atom is 0.0402 e. The molecule has 1 aliphatic heterocycles. The molecule has 0 saturated heterocycles. The summed E-state index contributed by atoms with van der Waals surface area (Å²) >= 11 is 0. The van der Waals surface area contributed by atoms with Crippen molar-refractivity contribution in [3.63, 3.8) is 0 Å². The van der Waals surface area contributed by atoms with Crippen LogP contribution < -0.4 is 4.90 Å². The first-order valence-corrected chi connectivity index (χ1v) is 7.14. The van der Waals surface area contributed by atoms with Crippen molar-refractivity contribution in [1.29, 1.82) is 0 Å². The molecule has 0 unspecified atom stereocenters. The van der Waals surface area contributed by atoms with Gasteiger partial charge in [-0.05, 0) is 23.6 Å². The summed E-state index contributed by atoms with van der Waals surface area (Å²) in [5.41, 5.74) is 4.11. The van der Waals surface area contributed by atoms with E-state index in [0.29, 0.717) is 0 Å². The van der Waals surface area contributed by atoms with Gasteiger partial charge in [0.1, 0.15) is 0 Å². The van der Waals surface area contributed by atoms with Gasteiger partial charge in [-0.3, -0.25) is 0 Å². The number of rotatable bonds is 4. The molecule has 1 heteroatoms. The van der Waals surface area contributed by atoms with Crippen molar-refractivity contribution in [1.82, 2.24) is 0 Å². The molecular weight excluding hydrogens is 242 g/mol. The Kier molecular flexibility index (Phi) is 3.98. The highest BCUT2D eigenvalue weighted by Crippen LogP contribution is 2.26. The van der Waals surface area contributed by atoms with E-state index in [9.17, 15) is 0 Å². The average Bonchev–Trinajstić information content (AvgIpc) is 2.91. The van der Waals surface area contributed by atoms with Gasteiger partial charge in [-0.1, -0.05) is 72.8 Å². The predicted molar refractivity (Wildman–Crippen MR) is 87.0 cm³/mol. The standard InChI is InChI=1S/C19H19N/c1-3-9-17(10-4-1)11-5-2-8-15-20-16-14-18-12-6-7-13-19(18)20/h1-13H,14-16H2/b8-2+,11-5+. The lowest BCUT2D eigenvalue weighted by Crippen LogP contribution is -2.19. The number of hydrogen-bond donors (Lipinski definition) is 0. The van der Waals surface area contributed by atoms with Gasteiger partial charge in [0, 0.05) is 18.8 Å². The summed E-state index contributed by atoms with van der Waals surface area (Å²) in [5, 5.41) is 0. The molecule has 0 spiro atoms. The van der Waals surface area contributed by atoms with Crippen LogP contribution in [-0.4, -0.2) is 13.1 Å². The first-order chi connectivity index (χ1) is 9.93. The number of hydrogen-bond acceptors (Lipinski definition) is 1. The molecule has 0 aromatic heterocycles. The van der Waals surface area contributed by atoms with Gasteiger partial charge in [0.2, 0.25) is 0 Å². The quantitative estimate of drug-likeness (QED) is 0.741. The Morgan fingerprint density at radius 3 is 2.60 bits per heavy atom. The highest BCUT2D eigenvalue weighted by molar-refractivity contribution is 5.58. The van der Waals surface area contributed by atoms with Crippen LogP contribution in [0.2, 0.25) is 0 Å². The SMILES string of the molecule is C(/C=C/c1ccccc1)=C\CN1CCc2ccccc21. The van der Waals surface area contributed by atoms with Crippen LogP contribution in [0.25, 0.3) is 6.08 Å². The Hall–Kier alpha value is -2.28. The summed E-state index contributed by atoms with van der Waals surface area (Å²) in [5.74, 6) is 0. The molecule has 0 fully saturated rings. The maximum absolute atomic E-state index is 2.43. The van der Waals surface area contributed by atoms with Crippen LogP contribution in [0, 0.1) is 0 Å². The Morgan fingerprint density at radius 1 is 0.900 bits per heavy atom. The van der Waals surface area contributed by atoms with Crippen molar-refractivity contribution in [3.8, 4) is 0 Å². The van der Waals surface area contributed by atoms with E-state index in [1.165, 1.54) is 23.2 Å². The van der Waals surface area contributed by atoms with Crippen molar-refractivity contribution < 1.29 is 0 Å². The van der Waals surface area contributed by atoms with E-state index in [1.807, 2.05) is 6.07 Å². The Labute approximate surface area is 120 Å². The van der Waals surface area contributed by atoms with Crippen molar-refractivity contribution in [2.24, 2.45) is 0 Å². The molecule has 0 aliphatic carbocycles. The number of anilines is 1. The lowest BCUT2D eigenvalue weighted by Gasteiger charge is -2.16. The first-order valence-electron chi connectivity index (χ1n) is 7.14. The maximum atomic E-state index is 2.43. The van der Waals surface area contributed by atoms with Crippen LogP contribution in [0.1, 0.15) is 11.1 Å². The lowest BCUT2D eigenvalue weighted by molar-refractivity contribution is 0.904. The second-order valence-electron chi connectivity index (χ2n) is 5.02. The van der Waals surface area contributed by atoms with Crippen LogP contribution in [0.3, 0.4) is 0 Å². The molecule has 1 nitrogen and oxygen atoms in total. The van der Waals surface area contributed by atoms with E-state index in [0.717, 1.165) is 13.1 Å². The van der Waals surface area contributed by atoms with Crippen molar-refractivity contribution in [2.45, 2.75) is 6.42 Å². The molecular formula is C19H19N. The van der Waals surface area contributed by atoms with Crippen molar-refractivity contribution >= 4 is 11.8 Å². The van der Waals surface area contributed by atoms with Gasteiger partial charge < -0.3 is 4.90 Å². The topological polar surface area (TPSA) is 3.24 Å². The number of nitrogens with zero attached hydrogens (tertiary/aromatic N) is 1. The van der Waals surface area contributed by atoms with Crippen LogP contribution in [-0.2, 0) is 6.42 Å². The Bertz CT molecular complexity index is 611. The van der Waals surface area contributed by atoms with Gasteiger partial charge in [-0.15, -0.1) is 0 Å². The molecule has 0 radical (unpaired) electrons. The zero-order chi connectivity index (χ0) is 13.6. The molecule has 3 rings (SSSR count). The fourth-order valence-corrected chi connectivity index (χ4v) is 2.59. The Morgan fingerprint density at radius 2 is 1.70 bits per heavy atom. The summed E-state index contributed by atoms with van der Waals surface area (Å²) in [4.78, 5) is 2.43. The highest BCUT2D eigenvalue weighted by Gasteiger charge is 2.16. The van der Waals surface area contributed by atoms with Gasteiger partial charge >= 0.3 is 0 Å². The summed E-state index contributed by atoms with van der Waals surface area (Å²) in [6, 6.07) is 19.1. The smallest absolute Gasteiger partial charge is 0.0402 e. The fourth-order valence-electron chi connectivity index (χ4n) is 2.59. The molecule has 2 aromatic carbocycles. The minimum absolute atomic E-state index is 0.982. The van der Waals surface area contributed by atoms with Gasteiger partial charge in [0.25, 0.3) is 0 Å². The van der Waals surface area contributed by atoms with E-state index in [4.69, 9.17) is 0 Å². The van der Waals surface area contributed by atoms with E-state index < -0.39 is 0 Å². The second-order valence-corrected chi connectivity index (χ2v) is 5.02. The molecule has 1 heterocycles. The molecule has 0 N–H and O–H groups in total. The number of allylic oxidation sites excluding steroid dienone is 2. The van der Waals surface area contributed by atoms with Gasteiger partial charge in [0.15, 0.2) is 0 Å². The Balaban J connectivity index is 1.56. The minimum atomic E-state index is 0.982. The van der Waals surface area contributed by atoms with E-state index in [-0.39, 0.29) is 0 Å². The zero-order valence-electron chi connectivity index (χ0n) is 11.6. The van der Waals surface area contributed by atoms with Crippen molar-refractivity contribution in [2.75, 3.05) is 18.0 Å². The van der Waals surface area contributed by atoms with Crippen LogP contribution in [0.15, 0.2) is 72.8 Å². The van der Waals surface area contributed by atoms with Crippen LogP contribution >= 0.6 is 0 Å². The van der Waals surface area contributed by atoms with Crippen LogP contribution in [0.4, 0.5) is 5.69 Å². The van der Waals surface area contributed by atoms with E-state index in [2.05, 4.69) is 77.7 Å². The van der Waals surface area contributed by atoms with E-state index in [1.54, 1.807) is 0 Å². The van der Waals surface area contributed by atoms with E-state index >= 15 is 0 Å². The normalized spacial score (nSPS) is 14.3. The largest absolute Gasteiger partial charge is 0.367 e. The van der Waals surface area contributed by atoms with Gasteiger partial charge in [-0.2, -0.15) is 0 Å². The summed E-state index contributed by atoms with van der Waals surface area (Å²) < 4.78 is 0. The third-order valence-corrected chi connectivity index (χ3v) is 3.64. The molecule has 0 amide bonds.